The molecule has 12 atom stereocenters. The first-order chi connectivity index (χ1) is 23.3. The summed E-state index contributed by atoms with van der Waals surface area (Å²) in [7, 11) is 2.43. The molecule has 0 aliphatic carbocycles. The van der Waals surface area contributed by atoms with E-state index in [-0.39, 0.29) is 25.1 Å². The summed E-state index contributed by atoms with van der Waals surface area (Å²) in [4.78, 5) is 23.5. The number of carbonyl (C=O) groups excluding carboxylic acids is 2. The molecular weight excluding hydrogens is 713 g/mol. The van der Waals surface area contributed by atoms with Gasteiger partial charge in [-0.3, -0.25) is 0 Å². The molecule has 0 saturated carbocycles. The van der Waals surface area contributed by atoms with Crippen LogP contribution in [0.3, 0.4) is 0 Å². The van der Waals surface area contributed by atoms with E-state index in [9.17, 15) is 19.8 Å². The minimum absolute atomic E-state index is 0.0221. The van der Waals surface area contributed by atoms with E-state index >= 15 is 0 Å². The SMILES string of the molecule is O=C(S)O[C@H]1[C@@H](OCSSCO[C@H]2O[C@@H]3COC(c4ccccc4)O[C@H]3[C@H](O)[C@H]2OC(=O)S)O[C@@H]2COC(c3ccccc3)O[C@H]2[C@@H]1O. The lowest BCUT2D eigenvalue weighted by molar-refractivity contribution is -0.357. The molecule has 4 saturated heterocycles. The highest BCUT2D eigenvalue weighted by Gasteiger charge is 2.53. The Labute approximate surface area is 294 Å². The average molecular weight is 747 g/mol. The van der Waals surface area contributed by atoms with Crippen LogP contribution < -0.4 is 0 Å². The molecule has 4 fully saturated rings. The van der Waals surface area contributed by atoms with Crippen LogP contribution in [0.2, 0.25) is 0 Å². The van der Waals surface area contributed by atoms with E-state index in [1.807, 2.05) is 60.7 Å². The van der Waals surface area contributed by atoms with Crippen LogP contribution in [0.4, 0.5) is 9.59 Å². The van der Waals surface area contributed by atoms with Crippen LogP contribution in [0.1, 0.15) is 23.7 Å². The molecule has 0 spiro atoms. The molecule has 0 amide bonds. The maximum Gasteiger partial charge on any atom is 0.364 e. The van der Waals surface area contributed by atoms with Gasteiger partial charge >= 0.3 is 10.6 Å². The van der Waals surface area contributed by atoms with Gasteiger partial charge in [-0.1, -0.05) is 108 Å². The predicted molar refractivity (Wildman–Crippen MR) is 175 cm³/mol. The Morgan fingerprint density at radius 3 is 1.44 bits per heavy atom. The zero-order valence-electron chi connectivity index (χ0n) is 25.0. The number of hydrogen-bond donors (Lipinski definition) is 4. The fourth-order valence-corrected chi connectivity index (χ4v) is 7.20. The molecule has 4 heterocycles. The summed E-state index contributed by atoms with van der Waals surface area (Å²) >= 11 is 7.40. The number of hydrogen-bond acceptors (Lipinski definition) is 16. The topological polar surface area (TPSA) is 167 Å². The summed E-state index contributed by atoms with van der Waals surface area (Å²) in [5.74, 6) is 0.0441. The molecular formula is C30H34O14S4. The van der Waals surface area contributed by atoms with Crippen molar-refractivity contribution in [2.45, 2.75) is 74.0 Å². The largest absolute Gasteiger partial charge is 0.446 e. The molecule has 48 heavy (non-hydrogen) atoms. The van der Waals surface area contributed by atoms with Gasteiger partial charge in [0.05, 0.1) is 13.2 Å². The molecule has 2 aromatic carbocycles. The van der Waals surface area contributed by atoms with E-state index in [0.29, 0.717) is 0 Å². The number of thiol groups is 2. The van der Waals surface area contributed by atoms with Crippen LogP contribution in [0, 0.1) is 0 Å². The summed E-state index contributed by atoms with van der Waals surface area (Å²) in [5, 5.41) is 20.4. The fraction of sp³-hybridized carbons (Fsp3) is 0.533. The minimum Gasteiger partial charge on any atom is -0.446 e. The summed E-state index contributed by atoms with van der Waals surface area (Å²) in [6, 6.07) is 18.4. The number of benzene rings is 2. The maximum absolute atomic E-state index is 11.7. The van der Waals surface area contributed by atoms with E-state index < -0.39 is 84.6 Å². The van der Waals surface area contributed by atoms with Crippen molar-refractivity contribution in [2.24, 2.45) is 0 Å². The molecule has 4 aliphatic rings. The molecule has 262 valence electrons. The third-order valence-electron chi connectivity index (χ3n) is 7.88. The monoisotopic (exact) mass is 746 g/mol. The number of carbonyl (C=O) groups is 2. The Morgan fingerprint density at radius 1 is 0.667 bits per heavy atom. The third kappa shape index (κ3) is 8.81. The first-order valence-corrected chi connectivity index (χ1v) is 18.2. The predicted octanol–water partition coefficient (Wildman–Crippen LogP) is 3.59. The molecule has 6 rings (SSSR count). The highest BCUT2D eigenvalue weighted by atomic mass is 33.1. The second-order valence-electron chi connectivity index (χ2n) is 10.9. The second-order valence-corrected chi connectivity index (χ2v) is 14.0. The average Bonchev–Trinajstić information content (AvgIpc) is 3.09. The standard InChI is InChI=1S/C30H34O14S4/c31-19-21-17(11-35-25(41-21)15-7-3-1-4-8-15)39-27(23(19)43-29(33)45)37-13-47-48-14-38-28-24(44-30(34)46)20(32)22-18(40-28)12-36-26(42-22)16-9-5-2-6-10-16/h1-10,17-28,31-32H,11-14H2,(H,33,45)(H,34,46)/t17-,18-,19+,20+,21-,22-,23-,24-,25?,26?,27+,28+/m1/s1. The number of rotatable bonds is 11. The highest BCUT2D eigenvalue weighted by Crippen LogP contribution is 2.38. The van der Waals surface area contributed by atoms with Crippen LogP contribution in [-0.4, -0.2) is 107 Å². The van der Waals surface area contributed by atoms with Crippen molar-refractivity contribution < 1.29 is 67.2 Å². The minimum atomic E-state index is -1.29. The van der Waals surface area contributed by atoms with E-state index in [0.717, 1.165) is 11.1 Å². The van der Waals surface area contributed by atoms with Gasteiger partial charge in [0.2, 0.25) is 0 Å². The van der Waals surface area contributed by atoms with Gasteiger partial charge in [0.15, 0.2) is 37.4 Å². The van der Waals surface area contributed by atoms with Crippen molar-refractivity contribution in [2.75, 3.05) is 25.1 Å². The van der Waals surface area contributed by atoms with Gasteiger partial charge in [-0.25, -0.2) is 9.59 Å². The van der Waals surface area contributed by atoms with Crippen LogP contribution >= 0.6 is 46.8 Å². The van der Waals surface area contributed by atoms with Gasteiger partial charge in [0.25, 0.3) is 0 Å². The molecule has 0 bridgehead atoms. The van der Waals surface area contributed by atoms with Crippen molar-refractivity contribution >= 4 is 57.4 Å². The van der Waals surface area contributed by atoms with Crippen molar-refractivity contribution in [1.29, 1.82) is 0 Å². The number of fused-ring (bicyclic) bond motifs is 2. The van der Waals surface area contributed by atoms with E-state index in [2.05, 4.69) is 25.3 Å². The highest BCUT2D eigenvalue weighted by molar-refractivity contribution is 8.76. The normalized spacial score (nSPS) is 36.3. The molecule has 0 radical (unpaired) electrons. The van der Waals surface area contributed by atoms with Gasteiger partial charge in [-0.15, -0.1) is 0 Å². The Bertz CT molecular complexity index is 1250. The first-order valence-electron chi connectivity index (χ1n) is 14.9. The van der Waals surface area contributed by atoms with E-state index in [1.165, 1.54) is 21.6 Å². The fourth-order valence-electron chi connectivity index (χ4n) is 5.70. The van der Waals surface area contributed by atoms with E-state index in [4.69, 9.17) is 47.4 Å². The van der Waals surface area contributed by atoms with Crippen molar-refractivity contribution in [3.05, 3.63) is 71.8 Å². The smallest absolute Gasteiger partial charge is 0.364 e. The van der Waals surface area contributed by atoms with Gasteiger partial charge in [-0.05, 0) is 0 Å². The van der Waals surface area contributed by atoms with Crippen LogP contribution in [0.15, 0.2) is 60.7 Å². The molecule has 2 unspecified atom stereocenters. The van der Waals surface area contributed by atoms with Crippen LogP contribution in [0.25, 0.3) is 0 Å². The second kappa shape index (κ2) is 17.1. The van der Waals surface area contributed by atoms with Crippen LogP contribution in [-0.2, 0) is 47.4 Å². The summed E-state index contributed by atoms with van der Waals surface area (Å²) in [5.41, 5.74) is 1.53. The summed E-state index contributed by atoms with van der Waals surface area (Å²) in [6.07, 6.45) is -11.9. The van der Waals surface area contributed by atoms with Gasteiger partial charge in [-0.2, -0.15) is 0 Å². The van der Waals surface area contributed by atoms with Crippen LogP contribution in [0.5, 0.6) is 0 Å². The lowest BCUT2D eigenvalue weighted by Gasteiger charge is -2.47. The summed E-state index contributed by atoms with van der Waals surface area (Å²) in [6.45, 7) is 0.211. The van der Waals surface area contributed by atoms with Gasteiger partial charge < -0.3 is 57.6 Å². The zero-order valence-corrected chi connectivity index (χ0v) is 28.5. The molecule has 0 aromatic heterocycles. The number of aliphatic hydroxyl groups excluding tert-OH is 2. The summed E-state index contributed by atoms with van der Waals surface area (Å²) < 4.78 is 57.7. The molecule has 4 aliphatic heterocycles. The molecule has 2 N–H and O–H groups in total. The lowest BCUT2D eigenvalue weighted by atomic mass is 9.97. The quantitative estimate of drug-likeness (QED) is 0.0866. The molecule has 18 heteroatoms. The zero-order chi connectivity index (χ0) is 33.6. The van der Waals surface area contributed by atoms with Crippen molar-refractivity contribution in [3.63, 3.8) is 0 Å². The van der Waals surface area contributed by atoms with Crippen molar-refractivity contribution in [1.82, 2.24) is 0 Å². The Hall–Kier alpha value is -1.62. The number of ether oxygens (including phenoxy) is 10. The number of aliphatic hydroxyl groups is 2. The lowest BCUT2D eigenvalue weighted by Crippen LogP contribution is -2.63. The first kappa shape index (κ1) is 36.2. The third-order valence-corrected chi connectivity index (χ3v) is 9.80. The van der Waals surface area contributed by atoms with Crippen molar-refractivity contribution in [3.8, 4) is 0 Å². The maximum atomic E-state index is 11.7. The Morgan fingerprint density at radius 2 is 1.06 bits per heavy atom. The van der Waals surface area contributed by atoms with Gasteiger partial charge in [0, 0.05) is 11.1 Å². The Balaban J connectivity index is 0.985. The van der Waals surface area contributed by atoms with E-state index in [1.54, 1.807) is 0 Å². The molecule has 2 aromatic rings. The Kier molecular flexibility index (Phi) is 12.9. The molecule has 14 nitrogen and oxygen atoms in total. The van der Waals surface area contributed by atoms with Gasteiger partial charge in [0.1, 0.15) is 48.5 Å².